The fraction of sp³-hybridized carbons (Fsp3) is 0.375. The minimum atomic E-state index is -0.594. The number of carbonyl (C=O) groups is 3. The molecule has 2 heterocycles. The molecule has 1 fully saturated rings. The van der Waals surface area contributed by atoms with Crippen molar-refractivity contribution in [3.8, 4) is 0 Å². The topological polar surface area (TPSA) is 95.7 Å². The quantitative estimate of drug-likeness (QED) is 0.635. The number of hydrogen-bond acceptors (Lipinski definition) is 5. The van der Waals surface area contributed by atoms with E-state index in [1.165, 1.54) is 5.56 Å². The number of amides is 3. The van der Waals surface area contributed by atoms with Crippen molar-refractivity contribution in [3.63, 3.8) is 0 Å². The van der Waals surface area contributed by atoms with Gasteiger partial charge in [-0.1, -0.05) is 48.5 Å². The second kappa shape index (κ2) is 9.41. The molecule has 1 unspecified atom stereocenters. The fourth-order valence-corrected chi connectivity index (χ4v) is 4.43. The van der Waals surface area contributed by atoms with E-state index in [0.29, 0.717) is 31.6 Å². The summed E-state index contributed by atoms with van der Waals surface area (Å²) in [5.41, 5.74) is 9.55. The molecule has 0 radical (unpaired) electrons. The first-order chi connectivity index (χ1) is 15.1. The SMILES string of the molecule is NCCCN(Cc1ccccc1)Cc1cccc2c1C(=O)N(C1CCC(=O)NC1=O)C2. The maximum absolute atomic E-state index is 13.3. The monoisotopic (exact) mass is 420 g/mol. The number of nitrogens with one attached hydrogen (secondary N) is 1. The van der Waals surface area contributed by atoms with Crippen LogP contribution in [-0.2, 0) is 29.2 Å². The zero-order valence-corrected chi connectivity index (χ0v) is 17.5. The van der Waals surface area contributed by atoms with Gasteiger partial charge >= 0.3 is 0 Å². The van der Waals surface area contributed by atoms with Crippen molar-refractivity contribution in [1.82, 2.24) is 15.1 Å². The van der Waals surface area contributed by atoms with E-state index in [9.17, 15) is 14.4 Å². The van der Waals surface area contributed by atoms with Gasteiger partial charge in [-0.05, 0) is 36.1 Å². The molecular formula is C24H28N4O3. The van der Waals surface area contributed by atoms with E-state index in [4.69, 9.17) is 5.73 Å². The van der Waals surface area contributed by atoms with Crippen molar-refractivity contribution in [2.24, 2.45) is 5.73 Å². The molecule has 31 heavy (non-hydrogen) atoms. The Kier molecular flexibility index (Phi) is 6.44. The lowest BCUT2D eigenvalue weighted by atomic mass is 10.0. The smallest absolute Gasteiger partial charge is 0.255 e. The minimum Gasteiger partial charge on any atom is -0.330 e. The zero-order chi connectivity index (χ0) is 21.8. The summed E-state index contributed by atoms with van der Waals surface area (Å²) >= 11 is 0. The fourth-order valence-electron chi connectivity index (χ4n) is 4.43. The Hall–Kier alpha value is -3.03. The van der Waals surface area contributed by atoms with Crippen LogP contribution < -0.4 is 11.1 Å². The molecule has 0 aliphatic carbocycles. The highest BCUT2D eigenvalue weighted by Gasteiger charge is 2.40. The van der Waals surface area contributed by atoms with E-state index < -0.39 is 6.04 Å². The Balaban J connectivity index is 1.54. The molecule has 162 valence electrons. The average Bonchev–Trinajstić information content (AvgIpc) is 3.10. The van der Waals surface area contributed by atoms with Gasteiger partial charge in [0.1, 0.15) is 6.04 Å². The number of carbonyl (C=O) groups excluding carboxylic acids is 3. The van der Waals surface area contributed by atoms with Crippen LogP contribution in [-0.4, -0.2) is 46.7 Å². The molecule has 1 saturated heterocycles. The van der Waals surface area contributed by atoms with Gasteiger partial charge in [-0.15, -0.1) is 0 Å². The largest absolute Gasteiger partial charge is 0.330 e. The lowest BCUT2D eigenvalue weighted by Crippen LogP contribution is -2.52. The van der Waals surface area contributed by atoms with Crippen molar-refractivity contribution in [2.45, 2.75) is 44.9 Å². The molecule has 3 amide bonds. The van der Waals surface area contributed by atoms with Crippen LogP contribution in [0.1, 0.15) is 46.3 Å². The molecule has 2 aliphatic rings. The first kappa shape index (κ1) is 21.2. The average molecular weight is 421 g/mol. The second-order valence-electron chi connectivity index (χ2n) is 8.19. The van der Waals surface area contributed by atoms with Crippen molar-refractivity contribution in [2.75, 3.05) is 13.1 Å². The molecule has 0 bridgehead atoms. The summed E-state index contributed by atoms with van der Waals surface area (Å²) in [5.74, 6) is -0.784. The summed E-state index contributed by atoms with van der Waals surface area (Å²) in [5, 5.41) is 2.36. The minimum absolute atomic E-state index is 0.126. The van der Waals surface area contributed by atoms with Gasteiger partial charge in [-0.25, -0.2) is 0 Å². The van der Waals surface area contributed by atoms with E-state index >= 15 is 0 Å². The van der Waals surface area contributed by atoms with Crippen LogP contribution in [0.4, 0.5) is 0 Å². The van der Waals surface area contributed by atoms with Crippen LogP contribution in [0.2, 0.25) is 0 Å². The second-order valence-corrected chi connectivity index (χ2v) is 8.19. The molecule has 1 atom stereocenters. The van der Waals surface area contributed by atoms with Crippen molar-refractivity contribution >= 4 is 17.7 Å². The maximum Gasteiger partial charge on any atom is 0.255 e. The third kappa shape index (κ3) is 4.68. The number of nitrogens with two attached hydrogens (primary N) is 1. The summed E-state index contributed by atoms with van der Waals surface area (Å²) < 4.78 is 0. The van der Waals surface area contributed by atoms with Gasteiger partial charge in [0.2, 0.25) is 11.8 Å². The molecule has 0 saturated carbocycles. The number of fused-ring (bicyclic) bond motifs is 1. The molecular weight excluding hydrogens is 392 g/mol. The van der Waals surface area contributed by atoms with Crippen molar-refractivity contribution < 1.29 is 14.4 Å². The van der Waals surface area contributed by atoms with Crippen LogP contribution in [0.25, 0.3) is 0 Å². The van der Waals surface area contributed by atoms with E-state index in [-0.39, 0.29) is 24.1 Å². The highest BCUT2D eigenvalue weighted by atomic mass is 16.2. The molecule has 7 heteroatoms. The van der Waals surface area contributed by atoms with Crippen LogP contribution in [0.5, 0.6) is 0 Å². The van der Waals surface area contributed by atoms with Gasteiger partial charge in [0.05, 0.1) is 0 Å². The van der Waals surface area contributed by atoms with E-state index in [2.05, 4.69) is 22.3 Å². The maximum atomic E-state index is 13.3. The first-order valence-corrected chi connectivity index (χ1v) is 10.8. The van der Waals surface area contributed by atoms with Gasteiger partial charge in [0.15, 0.2) is 0 Å². The van der Waals surface area contributed by atoms with Crippen LogP contribution in [0.15, 0.2) is 48.5 Å². The van der Waals surface area contributed by atoms with E-state index in [0.717, 1.165) is 30.6 Å². The molecule has 2 aromatic carbocycles. The molecule has 7 nitrogen and oxygen atoms in total. The predicted molar refractivity (Wildman–Crippen MR) is 117 cm³/mol. The lowest BCUT2D eigenvalue weighted by molar-refractivity contribution is -0.136. The standard InChI is InChI=1S/C24H28N4O3/c25-12-5-13-27(14-17-6-2-1-3-7-17)15-18-8-4-9-19-16-28(24(31)22(18)19)20-10-11-21(29)26-23(20)30/h1-4,6-9,20H,5,10-16,25H2,(H,26,29,30). The van der Waals surface area contributed by atoms with Gasteiger partial charge in [-0.2, -0.15) is 0 Å². The summed E-state index contributed by atoms with van der Waals surface area (Å²) in [6.07, 6.45) is 1.50. The number of nitrogens with zero attached hydrogens (tertiary/aromatic N) is 2. The number of imide groups is 1. The van der Waals surface area contributed by atoms with E-state index in [1.807, 2.05) is 36.4 Å². The Morgan fingerprint density at radius 3 is 2.58 bits per heavy atom. The summed E-state index contributed by atoms with van der Waals surface area (Å²) in [6, 6.07) is 15.6. The molecule has 0 aromatic heterocycles. The molecule has 3 N–H and O–H groups in total. The van der Waals surface area contributed by atoms with Crippen LogP contribution >= 0.6 is 0 Å². The van der Waals surface area contributed by atoms with Crippen molar-refractivity contribution in [3.05, 3.63) is 70.8 Å². The van der Waals surface area contributed by atoms with Gasteiger partial charge in [-0.3, -0.25) is 24.6 Å². The Bertz CT molecular complexity index is 976. The number of rotatable bonds is 8. The predicted octanol–water partition coefficient (Wildman–Crippen LogP) is 1.80. The zero-order valence-electron chi connectivity index (χ0n) is 17.5. The highest BCUT2D eigenvalue weighted by Crippen LogP contribution is 2.30. The van der Waals surface area contributed by atoms with Gasteiger partial charge < -0.3 is 10.6 Å². The third-order valence-electron chi connectivity index (χ3n) is 5.96. The van der Waals surface area contributed by atoms with Crippen LogP contribution in [0, 0.1) is 0 Å². The number of piperidine rings is 1. The molecule has 2 aromatic rings. The molecule has 4 rings (SSSR count). The Labute approximate surface area is 182 Å². The number of benzene rings is 2. The lowest BCUT2D eigenvalue weighted by Gasteiger charge is -2.29. The third-order valence-corrected chi connectivity index (χ3v) is 5.96. The Morgan fingerprint density at radius 2 is 1.84 bits per heavy atom. The van der Waals surface area contributed by atoms with Gasteiger partial charge in [0, 0.05) is 38.2 Å². The summed E-state index contributed by atoms with van der Waals surface area (Å²) in [4.78, 5) is 41.1. The van der Waals surface area contributed by atoms with Crippen molar-refractivity contribution in [1.29, 1.82) is 0 Å². The number of hydrogen-bond donors (Lipinski definition) is 2. The first-order valence-electron chi connectivity index (χ1n) is 10.8. The highest BCUT2D eigenvalue weighted by molar-refractivity contribution is 6.05. The molecule has 2 aliphatic heterocycles. The molecule has 0 spiro atoms. The summed E-state index contributed by atoms with van der Waals surface area (Å²) in [6.45, 7) is 3.25. The van der Waals surface area contributed by atoms with E-state index in [1.54, 1.807) is 4.90 Å². The summed E-state index contributed by atoms with van der Waals surface area (Å²) in [7, 11) is 0. The normalized spacial score (nSPS) is 18.5. The van der Waals surface area contributed by atoms with Crippen LogP contribution in [0.3, 0.4) is 0 Å². The van der Waals surface area contributed by atoms with Gasteiger partial charge in [0.25, 0.3) is 5.91 Å². The Morgan fingerprint density at radius 1 is 1.03 bits per heavy atom.